The first-order chi connectivity index (χ1) is 14.9. The van der Waals surface area contributed by atoms with Crippen LogP contribution in [0.5, 0.6) is 0 Å². The molecule has 0 spiro atoms. The van der Waals surface area contributed by atoms with Gasteiger partial charge in [-0.15, -0.1) is 11.8 Å². The average molecular weight is 462 g/mol. The van der Waals surface area contributed by atoms with Crippen molar-refractivity contribution in [3.63, 3.8) is 0 Å². The van der Waals surface area contributed by atoms with E-state index in [1.54, 1.807) is 55.8 Å². The number of thioether (sulfide) groups is 1. The number of carbonyl (C=O) groups is 3. The monoisotopic (exact) mass is 461 g/mol. The van der Waals surface area contributed by atoms with Crippen LogP contribution >= 0.6 is 23.4 Å². The van der Waals surface area contributed by atoms with Crippen molar-refractivity contribution in [2.75, 3.05) is 19.5 Å². The minimum absolute atomic E-state index is 0.142. The van der Waals surface area contributed by atoms with Crippen LogP contribution in [0, 0.1) is 0 Å². The molecule has 0 saturated carbocycles. The van der Waals surface area contributed by atoms with Crippen molar-refractivity contribution in [2.24, 2.45) is 0 Å². The van der Waals surface area contributed by atoms with Crippen molar-refractivity contribution in [2.45, 2.75) is 18.0 Å². The number of ether oxygens (including phenoxy) is 2. The van der Waals surface area contributed by atoms with Gasteiger partial charge in [-0.1, -0.05) is 23.7 Å². The Kier molecular flexibility index (Phi) is 7.54. The molecule has 1 unspecified atom stereocenters. The van der Waals surface area contributed by atoms with Gasteiger partial charge in [-0.05, 0) is 43.0 Å². The van der Waals surface area contributed by atoms with Crippen LogP contribution in [0.3, 0.4) is 0 Å². The van der Waals surface area contributed by atoms with E-state index in [1.165, 1.54) is 11.8 Å². The maximum absolute atomic E-state index is 12.7. The summed E-state index contributed by atoms with van der Waals surface area (Å²) < 4.78 is 10.6. The van der Waals surface area contributed by atoms with Gasteiger partial charge in [0.2, 0.25) is 0 Å². The Morgan fingerprint density at radius 1 is 1.16 bits per heavy atom. The zero-order chi connectivity index (χ0) is 22.4. The van der Waals surface area contributed by atoms with E-state index < -0.39 is 24.0 Å². The summed E-state index contributed by atoms with van der Waals surface area (Å²) in [5, 5.41) is 6.29. The van der Waals surface area contributed by atoms with Gasteiger partial charge in [-0.2, -0.15) is 0 Å². The third-order valence-electron chi connectivity index (χ3n) is 4.38. The normalized spacial score (nSPS) is 15.7. The highest BCUT2D eigenvalue weighted by Crippen LogP contribution is 2.29. The lowest BCUT2D eigenvalue weighted by Crippen LogP contribution is -2.47. The summed E-state index contributed by atoms with van der Waals surface area (Å²) in [7, 11) is 0. The molecule has 2 N–H and O–H groups in total. The predicted molar refractivity (Wildman–Crippen MR) is 116 cm³/mol. The van der Waals surface area contributed by atoms with Crippen molar-refractivity contribution < 1.29 is 23.9 Å². The molecular formula is C21H20ClN3O5S. The summed E-state index contributed by atoms with van der Waals surface area (Å²) >= 11 is 7.26. The van der Waals surface area contributed by atoms with Gasteiger partial charge in [-0.25, -0.2) is 19.4 Å². The Morgan fingerprint density at radius 3 is 2.58 bits per heavy atom. The Hall–Kier alpha value is -3.04. The molecule has 8 nitrogen and oxygen atoms in total. The van der Waals surface area contributed by atoms with Crippen molar-refractivity contribution in [1.82, 2.24) is 15.6 Å². The zero-order valence-electron chi connectivity index (χ0n) is 16.8. The molecule has 162 valence electrons. The van der Waals surface area contributed by atoms with Gasteiger partial charge in [0, 0.05) is 11.2 Å². The summed E-state index contributed by atoms with van der Waals surface area (Å²) in [6.07, 6.45) is 3.37. The van der Waals surface area contributed by atoms with E-state index in [2.05, 4.69) is 15.6 Å². The van der Waals surface area contributed by atoms with Crippen LogP contribution < -0.4 is 10.6 Å². The highest BCUT2D eigenvalue weighted by atomic mass is 35.5. The van der Waals surface area contributed by atoms with Gasteiger partial charge in [0.1, 0.15) is 11.6 Å². The maximum atomic E-state index is 12.7. The number of urea groups is 1. The van der Waals surface area contributed by atoms with E-state index >= 15 is 0 Å². The van der Waals surface area contributed by atoms with Crippen LogP contribution in [0.15, 0.2) is 58.9 Å². The number of carbonyl (C=O) groups excluding carboxylic acids is 3. The molecule has 31 heavy (non-hydrogen) atoms. The minimum atomic E-state index is -0.793. The van der Waals surface area contributed by atoms with Crippen molar-refractivity contribution in [1.29, 1.82) is 0 Å². The molecule has 0 aliphatic carbocycles. The first kappa shape index (κ1) is 22.6. The van der Waals surface area contributed by atoms with Crippen LogP contribution in [0.2, 0.25) is 5.02 Å². The van der Waals surface area contributed by atoms with Gasteiger partial charge < -0.3 is 20.1 Å². The summed E-state index contributed by atoms with van der Waals surface area (Å²) in [6, 6.07) is 8.59. The first-order valence-electron chi connectivity index (χ1n) is 9.33. The largest absolute Gasteiger partial charge is 0.463 e. The van der Waals surface area contributed by atoms with Crippen molar-refractivity contribution >= 4 is 41.3 Å². The SMILES string of the molecule is CCOC(=O)C1=C(COC(=O)c2cccnc2SC)NC(=O)NC1c1ccc(Cl)cc1. The molecule has 0 bridgehead atoms. The average Bonchev–Trinajstić information content (AvgIpc) is 2.77. The summed E-state index contributed by atoms with van der Waals surface area (Å²) in [5.74, 6) is -1.25. The number of hydrogen-bond donors (Lipinski definition) is 2. The lowest BCUT2D eigenvalue weighted by molar-refractivity contribution is -0.139. The number of hydrogen-bond acceptors (Lipinski definition) is 7. The highest BCUT2D eigenvalue weighted by Gasteiger charge is 2.34. The second kappa shape index (κ2) is 10.3. The maximum Gasteiger partial charge on any atom is 0.341 e. The molecule has 3 rings (SSSR count). The van der Waals surface area contributed by atoms with Gasteiger partial charge in [0.25, 0.3) is 0 Å². The van der Waals surface area contributed by atoms with Gasteiger partial charge in [0.15, 0.2) is 0 Å². The number of nitrogens with one attached hydrogen (secondary N) is 2. The molecule has 1 aliphatic heterocycles. The number of nitrogens with zero attached hydrogens (tertiary/aromatic N) is 1. The van der Waals surface area contributed by atoms with E-state index in [0.29, 0.717) is 21.2 Å². The molecule has 10 heteroatoms. The molecule has 2 heterocycles. The molecule has 0 radical (unpaired) electrons. The summed E-state index contributed by atoms with van der Waals surface area (Å²) in [6.45, 7) is 1.49. The molecular weight excluding hydrogens is 442 g/mol. The molecule has 1 aromatic carbocycles. The van der Waals surface area contributed by atoms with Gasteiger partial charge >= 0.3 is 18.0 Å². The fourth-order valence-corrected chi connectivity index (χ4v) is 3.67. The van der Waals surface area contributed by atoms with Crippen LogP contribution in [-0.2, 0) is 14.3 Å². The van der Waals surface area contributed by atoms with E-state index in [1.807, 2.05) is 0 Å². The number of amides is 2. The summed E-state index contributed by atoms with van der Waals surface area (Å²) in [5.41, 5.74) is 1.21. The van der Waals surface area contributed by atoms with E-state index in [-0.39, 0.29) is 24.5 Å². The number of esters is 2. The zero-order valence-corrected chi connectivity index (χ0v) is 18.4. The molecule has 0 fully saturated rings. The van der Waals surface area contributed by atoms with E-state index in [0.717, 1.165) is 0 Å². The number of aromatic nitrogens is 1. The second-order valence-electron chi connectivity index (χ2n) is 6.33. The number of pyridine rings is 1. The third kappa shape index (κ3) is 5.36. The number of halogens is 1. The second-order valence-corrected chi connectivity index (χ2v) is 7.56. The lowest BCUT2D eigenvalue weighted by Gasteiger charge is -2.29. The lowest BCUT2D eigenvalue weighted by atomic mass is 9.95. The Morgan fingerprint density at radius 2 is 1.90 bits per heavy atom. The Bertz CT molecular complexity index is 1030. The Labute approximate surface area is 188 Å². The van der Waals surface area contributed by atoms with Crippen molar-refractivity contribution in [3.8, 4) is 0 Å². The topological polar surface area (TPSA) is 107 Å². The van der Waals surface area contributed by atoms with Crippen LogP contribution in [0.25, 0.3) is 0 Å². The molecule has 0 saturated heterocycles. The molecule has 2 aromatic rings. The van der Waals surface area contributed by atoms with E-state index in [4.69, 9.17) is 21.1 Å². The molecule has 1 aromatic heterocycles. The number of rotatable bonds is 7. The first-order valence-corrected chi connectivity index (χ1v) is 10.9. The Balaban J connectivity index is 1.93. The van der Waals surface area contributed by atoms with Crippen molar-refractivity contribution in [3.05, 3.63) is 70.0 Å². The number of benzene rings is 1. The molecule has 1 aliphatic rings. The van der Waals surface area contributed by atoms with Crippen LogP contribution in [0.1, 0.15) is 28.9 Å². The smallest absolute Gasteiger partial charge is 0.341 e. The van der Waals surface area contributed by atoms with Gasteiger partial charge in [0.05, 0.1) is 29.5 Å². The van der Waals surface area contributed by atoms with Crippen LogP contribution in [-0.4, -0.2) is 42.4 Å². The summed E-state index contributed by atoms with van der Waals surface area (Å²) in [4.78, 5) is 41.7. The van der Waals surface area contributed by atoms with Gasteiger partial charge in [-0.3, -0.25) is 0 Å². The fourth-order valence-electron chi connectivity index (χ4n) is 3.01. The fraction of sp³-hybridized carbons (Fsp3) is 0.238. The standard InChI is InChI=1S/C21H20ClN3O5S/c1-3-29-20(27)16-15(11-30-19(26)14-5-4-10-23-18(14)31-2)24-21(28)25-17(16)12-6-8-13(22)9-7-12/h4-10,17H,3,11H2,1-2H3,(H2,24,25,28). The predicted octanol–water partition coefficient (Wildman–Crippen LogP) is 3.49. The quantitative estimate of drug-likeness (QED) is 0.480. The highest BCUT2D eigenvalue weighted by molar-refractivity contribution is 7.98. The third-order valence-corrected chi connectivity index (χ3v) is 5.35. The minimum Gasteiger partial charge on any atom is -0.463 e. The molecule has 1 atom stereocenters. The van der Waals surface area contributed by atoms with E-state index in [9.17, 15) is 14.4 Å². The molecule has 2 amide bonds. The van der Waals surface area contributed by atoms with Crippen LogP contribution in [0.4, 0.5) is 4.79 Å².